The van der Waals surface area contributed by atoms with E-state index >= 15 is 0 Å². The highest BCUT2D eigenvalue weighted by Gasteiger charge is 2.11. The Bertz CT molecular complexity index is 317. The summed E-state index contributed by atoms with van der Waals surface area (Å²) in [5, 5.41) is 0. The molecule has 0 aliphatic heterocycles. The zero-order valence-electron chi connectivity index (χ0n) is 8.42. The van der Waals surface area contributed by atoms with Crippen LogP contribution in [-0.4, -0.2) is 26.1 Å². The SMILES string of the molecule is COc1ccc(C(Cl)N(C)C)cc1Br. The summed E-state index contributed by atoms with van der Waals surface area (Å²) < 4.78 is 6.06. The van der Waals surface area contributed by atoms with Crippen LogP contribution in [0.3, 0.4) is 0 Å². The number of nitrogens with zero attached hydrogens (tertiary/aromatic N) is 1. The molecule has 0 amide bonds. The molecule has 0 aliphatic rings. The summed E-state index contributed by atoms with van der Waals surface area (Å²) in [6.45, 7) is 0. The van der Waals surface area contributed by atoms with Crippen molar-refractivity contribution >= 4 is 27.5 Å². The van der Waals surface area contributed by atoms with Crippen LogP contribution in [0.4, 0.5) is 0 Å². The lowest BCUT2D eigenvalue weighted by molar-refractivity contribution is 0.383. The maximum atomic E-state index is 6.17. The van der Waals surface area contributed by atoms with E-state index in [1.165, 1.54) is 0 Å². The minimum absolute atomic E-state index is 0.114. The van der Waals surface area contributed by atoms with Crippen molar-refractivity contribution in [2.75, 3.05) is 21.2 Å². The molecule has 2 nitrogen and oxygen atoms in total. The van der Waals surface area contributed by atoms with Crippen molar-refractivity contribution in [2.45, 2.75) is 5.50 Å². The van der Waals surface area contributed by atoms with E-state index in [0.717, 1.165) is 15.8 Å². The molecule has 78 valence electrons. The van der Waals surface area contributed by atoms with Crippen LogP contribution in [-0.2, 0) is 0 Å². The van der Waals surface area contributed by atoms with Gasteiger partial charge in [0.2, 0.25) is 0 Å². The summed E-state index contributed by atoms with van der Waals surface area (Å²) in [7, 11) is 5.52. The third-order valence-electron chi connectivity index (χ3n) is 1.90. The first-order chi connectivity index (χ1) is 6.56. The van der Waals surface area contributed by atoms with Crippen LogP contribution in [0, 0.1) is 0 Å². The monoisotopic (exact) mass is 277 g/mol. The van der Waals surface area contributed by atoms with E-state index in [0.29, 0.717) is 0 Å². The molecule has 0 saturated heterocycles. The minimum Gasteiger partial charge on any atom is -0.496 e. The molecule has 1 aromatic carbocycles. The Kier molecular flexibility index (Phi) is 4.23. The standard InChI is InChI=1S/C10H13BrClNO/c1-13(2)10(12)7-4-5-9(14-3)8(11)6-7/h4-6,10H,1-3H3. The second-order valence-corrected chi connectivity index (χ2v) is 4.46. The molecule has 0 bridgehead atoms. The number of benzene rings is 1. The summed E-state index contributed by atoms with van der Waals surface area (Å²) in [6.07, 6.45) is 0. The lowest BCUT2D eigenvalue weighted by atomic mass is 10.2. The molecule has 0 heterocycles. The molecule has 0 aliphatic carbocycles. The van der Waals surface area contributed by atoms with Gasteiger partial charge in [0.15, 0.2) is 0 Å². The van der Waals surface area contributed by atoms with Crippen molar-refractivity contribution in [1.82, 2.24) is 4.90 Å². The van der Waals surface area contributed by atoms with E-state index in [2.05, 4.69) is 15.9 Å². The Morgan fingerprint density at radius 3 is 2.50 bits per heavy atom. The van der Waals surface area contributed by atoms with E-state index in [9.17, 15) is 0 Å². The molecular weight excluding hydrogens is 265 g/mol. The molecule has 1 unspecified atom stereocenters. The second-order valence-electron chi connectivity index (χ2n) is 3.19. The highest BCUT2D eigenvalue weighted by atomic mass is 79.9. The Labute approximate surface area is 97.9 Å². The molecule has 0 radical (unpaired) electrons. The lowest BCUT2D eigenvalue weighted by Crippen LogP contribution is -2.14. The van der Waals surface area contributed by atoms with Gasteiger partial charge in [-0.3, -0.25) is 4.90 Å². The fraction of sp³-hybridized carbons (Fsp3) is 0.400. The smallest absolute Gasteiger partial charge is 0.133 e. The van der Waals surface area contributed by atoms with Gasteiger partial charge in [0.05, 0.1) is 11.6 Å². The van der Waals surface area contributed by atoms with Crippen LogP contribution in [0.15, 0.2) is 22.7 Å². The van der Waals surface area contributed by atoms with Gasteiger partial charge in [0.1, 0.15) is 11.3 Å². The van der Waals surface area contributed by atoms with Gasteiger partial charge < -0.3 is 4.74 Å². The van der Waals surface area contributed by atoms with Crippen molar-refractivity contribution in [2.24, 2.45) is 0 Å². The molecule has 0 spiro atoms. The van der Waals surface area contributed by atoms with Crippen molar-refractivity contribution in [3.05, 3.63) is 28.2 Å². The molecule has 0 aromatic heterocycles. The molecule has 0 N–H and O–H groups in total. The van der Waals surface area contributed by atoms with E-state index < -0.39 is 0 Å². The number of ether oxygens (including phenoxy) is 1. The summed E-state index contributed by atoms with van der Waals surface area (Å²) in [5.41, 5.74) is 0.932. The van der Waals surface area contributed by atoms with Gasteiger partial charge in [-0.2, -0.15) is 0 Å². The van der Waals surface area contributed by atoms with Crippen molar-refractivity contribution in [3.63, 3.8) is 0 Å². The number of hydrogen-bond acceptors (Lipinski definition) is 2. The van der Waals surface area contributed by atoms with Gasteiger partial charge in [-0.15, -0.1) is 11.6 Å². The van der Waals surface area contributed by atoms with E-state index in [1.807, 2.05) is 37.2 Å². The first-order valence-corrected chi connectivity index (χ1v) is 5.43. The molecule has 1 aromatic rings. The van der Waals surface area contributed by atoms with Crippen LogP contribution < -0.4 is 4.74 Å². The average Bonchev–Trinajstić information content (AvgIpc) is 2.16. The van der Waals surface area contributed by atoms with Gasteiger partial charge in [0, 0.05) is 0 Å². The molecule has 4 heteroatoms. The highest BCUT2D eigenvalue weighted by Crippen LogP contribution is 2.30. The minimum atomic E-state index is -0.114. The lowest BCUT2D eigenvalue weighted by Gasteiger charge is -2.18. The summed E-state index contributed by atoms with van der Waals surface area (Å²) in [5.74, 6) is 0.816. The zero-order valence-corrected chi connectivity index (χ0v) is 10.8. The Morgan fingerprint density at radius 1 is 1.43 bits per heavy atom. The third kappa shape index (κ3) is 2.62. The summed E-state index contributed by atoms with van der Waals surface area (Å²) >= 11 is 9.60. The fourth-order valence-corrected chi connectivity index (χ4v) is 1.82. The van der Waals surface area contributed by atoms with Crippen molar-refractivity contribution in [3.8, 4) is 5.75 Å². The largest absolute Gasteiger partial charge is 0.496 e. The van der Waals surface area contributed by atoms with E-state index in [-0.39, 0.29) is 5.50 Å². The second kappa shape index (κ2) is 5.01. The molecule has 1 rings (SSSR count). The number of hydrogen-bond donors (Lipinski definition) is 0. The number of halogens is 2. The fourth-order valence-electron chi connectivity index (χ4n) is 1.13. The van der Waals surface area contributed by atoms with Gasteiger partial charge in [-0.25, -0.2) is 0 Å². The van der Waals surface area contributed by atoms with Crippen molar-refractivity contribution in [1.29, 1.82) is 0 Å². The average molecular weight is 279 g/mol. The Balaban J connectivity index is 2.96. The summed E-state index contributed by atoms with van der Waals surface area (Å²) in [6, 6.07) is 5.83. The van der Waals surface area contributed by atoms with Crippen molar-refractivity contribution < 1.29 is 4.74 Å². The first kappa shape index (κ1) is 11.8. The zero-order chi connectivity index (χ0) is 10.7. The molecule has 0 saturated carbocycles. The van der Waals surface area contributed by atoms with Gasteiger partial charge in [-0.1, -0.05) is 6.07 Å². The maximum Gasteiger partial charge on any atom is 0.133 e. The summed E-state index contributed by atoms with van der Waals surface area (Å²) in [4.78, 5) is 1.94. The van der Waals surface area contributed by atoms with Crippen LogP contribution in [0.2, 0.25) is 0 Å². The number of methoxy groups -OCH3 is 1. The molecular formula is C10H13BrClNO. The topological polar surface area (TPSA) is 12.5 Å². The van der Waals surface area contributed by atoms with Crippen LogP contribution in [0.5, 0.6) is 5.75 Å². The molecule has 14 heavy (non-hydrogen) atoms. The van der Waals surface area contributed by atoms with E-state index in [4.69, 9.17) is 16.3 Å². The predicted molar refractivity (Wildman–Crippen MR) is 63.0 cm³/mol. The maximum absolute atomic E-state index is 6.17. The van der Waals surface area contributed by atoms with Gasteiger partial charge in [0.25, 0.3) is 0 Å². The normalized spacial score (nSPS) is 13.0. The first-order valence-electron chi connectivity index (χ1n) is 4.20. The van der Waals surface area contributed by atoms with Crippen LogP contribution >= 0.6 is 27.5 Å². The van der Waals surface area contributed by atoms with Gasteiger partial charge >= 0.3 is 0 Å². The van der Waals surface area contributed by atoms with Crippen LogP contribution in [0.25, 0.3) is 0 Å². The number of alkyl halides is 1. The Morgan fingerprint density at radius 2 is 2.07 bits per heavy atom. The van der Waals surface area contributed by atoms with Crippen LogP contribution in [0.1, 0.15) is 11.1 Å². The van der Waals surface area contributed by atoms with E-state index in [1.54, 1.807) is 7.11 Å². The Hall–Kier alpha value is -0.250. The highest BCUT2D eigenvalue weighted by molar-refractivity contribution is 9.10. The third-order valence-corrected chi connectivity index (χ3v) is 3.17. The molecule has 1 atom stereocenters. The molecule has 0 fully saturated rings. The quantitative estimate of drug-likeness (QED) is 0.621. The predicted octanol–water partition coefficient (Wildman–Crippen LogP) is 3.26. The number of rotatable bonds is 3. The van der Waals surface area contributed by atoms with Gasteiger partial charge in [-0.05, 0) is 47.7 Å².